The molecule has 3 aliphatic rings. The van der Waals surface area contributed by atoms with Gasteiger partial charge in [-0.1, -0.05) is 0 Å². The van der Waals surface area contributed by atoms with Crippen LogP contribution in [0.1, 0.15) is 6.42 Å². The Kier molecular flexibility index (Phi) is 0.678. The summed E-state index contributed by atoms with van der Waals surface area (Å²) in [5.41, 5.74) is 6.47. The highest BCUT2D eigenvalue weighted by molar-refractivity contribution is 5.07. The van der Waals surface area contributed by atoms with Gasteiger partial charge in [0.25, 0.3) is 0 Å². The van der Waals surface area contributed by atoms with Crippen LogP contribution in [0.3, 0.4) is 0 Å². The van der Waals surface area contributed by atoms with E-state index in [1.54, 1.807) is 0 Å². The molecule has 1 saturated carbocycles. The molecular weight excluding hydrogens is 116 g/mol. The quantitative estimate of drug-likeness (QED) is 0.448. The molecule has 3 fully saturated rings. The van der Waals surface area contributed by atoms with Crippen molar-refractivity contribution in [1.29, 1.82) is 0 Å². The van der Waals surface area contributed by atoms with E-state index < -0.39 is 0 Å². The summed E-state index contributed by atoms with van der Waals surface area (Å²) in [6.07, 6.45) is 1.83. The SMILES string of the molecule is C1C2NNC1C1OCC21. The number of ether oxygens (including phenoxy) is 1. The Balaban J connectivity index is 1.94. The Hall–Kier alpha value is -0.120. The third-order valence-electron chi connectivity index (χ3n) is 2.78. The van der Waals surface area contributed by atoms with E-state index in [1.165, 1.54) is 6.42 Å². The van der Waals surface area contributed by atoms with E-state index in [0.29, 0.717) is 18.2 Å². The van der Waals surface area contributed by atoms with Crippen molar-refractivity contribution in [2.24, 2.45) is 5.92 Å². The van der Waals surface area contributed by atoms with Gasteiger partial charge in [-0.15, -0.1) is 0 Å². The van der Waals surface area contributed by atoms with Crippen LogP contribution in [-0.2, 0) is 4.74 Å². The van der Waals surface area contributed by atoms with Crippen molar-refractivity contribution in [2.75, 3.05) is 6.61 Å². The van der Waals surface area contributed by atoms with Crippen molar-refractivity contribution < 1.29 is 4.74 Å². The van der Waals surface area contributed by atoms with Crippen LogP contribution in [0.4, 0.5) is 0 Å². The summed E-state index contributed by atoms with van der Waals surface area (Å²) in [6.45, 7) is 0.987. The summed E-state index contributed by atoms with van der Waals surface area (Å²) < 4.78 is 5.39. The van der Waals surface area contributed by atoms with Gasteiger partial charge < -0.3 is 4.74 Å². The highest BCUT2D eigenvalue weighted by Crippen LogP contribution is 2.39. The van der Waals surface area contributed by atoms with Crippen LogP contribution in [0.15, 0.2) is 0 Å². The van der Waals surface area contributed by atoms with Crippen LogP contribution in [0.25, 0.3) is 0 Å². The van der Waals surface area contributed by atoms with Crippen molar-refractivity contribution in [3.05, 3.63) is 0 Å². The van der Waals surface area contributed by atoms with E-state index in [2.05, 4.69) is 10.9 Å². The van der Waals surface area contributed by atoms with E-state index >= 15 is 0 Å². The second-order valence-corrected chi connectivity index (χ2v) is 3.20. The monoisotopic (exact) mass is 126 g/mol. The lowest BCUT2D eigenvalue weighted by Crippen LogP contribution is -2.59. The third-order valence-corrected chi connectivity index (χ3v) is 2.78. The molecule has 4 atom stereocenters. The van der Waals surface area contributed by atoms with Crippen LogP contribution >= 0.6 is 0 Å². The van der Waals surface area contributed by atoms with E-state index in [4.69, 9.17) is 4.74 Å². The first-order valence-electron chi connectivity index (χ1n) is 3.58. The lowest BCUT2D eigenvalue weighted by molar-refractivity contribution is -0.128. The molecule has 0 spiro atoms. The van der Waals surface area contributed by atoms with Gasteiger partial charge in [-0.3, -0.25) is 10.9 Å². The van der Waals surface area contributed by atoms with Crippen LogP contribution in [0.2, 0.25) is 0 Å². The average molecular weight is 126 g/mol. The molecule has 0 amide bonds. The normalized spacial score (nSPS) is 61.3. The van der Waals surface area contributed by atoms with Crippen LogP contribution in [0.5, 0.6) is 0 Å². The molecule has 0 aromatic rings. The summed E-state index contributed by atoms with van der Waals surface area (Å²) in [7, 11) is 0. The fourth-order valence-electron chi connectivity index (χ4n) is 2.18. The topological polar surface area (TPSA) is 33.3 Å². The molecule has 50 valence electrons. The van der Waals surface area contributed by atoms with Gasteiger partial charge in [0.2, 0.25) is 0 Å². The number of rotatable bonds is 0. The summed E-state index contributed by atoms with van der Waals surface area (Å²) in [5.74, 6) is 0.830. The Bertz CT molecular complexity index is 130. The molecule has 0 aromatic carbocycles. The third kappa shape index (κ3) is 0.407. The minimum Gasteiger partial charge on any atom is -0.376 e. The predicted molar refractivity (Wildman–Crippen MR) is 31.7 cm³/mol. The molecule has 2 bridgehead atoms. The van der Waals surface area contributed by atoms with Crippen molar-refractivity contribution in [3.8, 4) is 0 Å². The fourth-order valence-corrected chi connectivity index (χ4v) is 2.18. The molecule has 2 aliphatic heterocycles. The molecule has 9 heavy (non-hydrogen) atoms. The van der Waals surface area contributed by atoms with Gasteiger partial charge in [0.1, 0.15) is 0 Å². The Morgan fingerprint density at radius 1 is 1.22 bits per heavy atom. The molecule has 0 aromatic heterocycles. The zero-order chi connectivity index (χ0) is 5.84. The number of hydrazine groups is 1. The molecule has 2 heterocycles. The Labute approximate surface area is 53.7 Å². The number of fused-ring (bicyclic) bond motifs is 5. The van der Waals surface area contributed by atoms with E-state index in [0.717, 1.165) is 12.5 Å². The van der Waals surface area contributed by atoms with Crippen molar-refractivity contribution in [2.45, 2.75) is 24.6 Å². The predicted octanol–water partition coefficient (Wildman–Crippen LogP) is -0.750. The van der Waals surface area contributed by atoms with Gasteiger partial charge in [-0.25, -0.2) is 0 Å². The zero-order valence-electron chi connectivity index (χ0n) is 5.13. The lowest BCUT2D eigenvalue weighted by Gasteiger charge is -2.40. The highest BCUT2D eigenvalue weighted by Gasteiger charge is 2.53. The molecule has 4 unspecified atom stereocenters. The standard InChI is InChI=1S/C6H10N2O/c1-4-3-2-9-6(3)5(1)8-7-4/h3-8H,1-2H2. The van der Waals surface area contributed by atoms with Crippen LogP contribution in [0, 0.1) is 5.92 Å². The Morgan fingerprint density at radius 3 is 2.56 bits per heavy atom. The molecule has 2 N–H and O–H groups in total. The molecule has 3 nitrogen and oxygen atoms in total. The minimum absolute atomic E-state index is 0.552. The first kappa shape index (κ1) is 4.66. The van der Waals surface area contributed by atoms with Gasteiger partial charge in [0.05, 0.1) is 12.7 Å². The van der Waals surface area contributed by atoms with Gasteiger partial charge in [0, 0.05) is 18.0 Å². The summed E-state index contributed by atoms with van der Waals surface area (Å²) in [5, 5.41) is 0. The summed E-state index contributed by atoms with van der Waals surface area (Å²) >= 11 is 0. The maximum atomic E-state index is 5.39. The second-order valence-electron chi connectivity index (χ2n) is 3.20. The maximum absolute atomic E-state index is 5.39. The molecule has 1 aliphatic carbocycles. The van der Waals surface area contributed by atoms with Crippen molar-refractivity contribution in [1.82, 2.24) is 10.9 Å². The largest absolute Gasteiger partial charge is 0.376 e. The van der Waals surface area contributed by atoms with Gasteiger partial charge >= 0.3 is 0 Å². The summed E-state index contributed by atoms with van der Waals surface area (Å²) in [4.78, 5) is 0. The van der Waals surface area contributed by atoms with Gasteiger partial charge in [-0.05, 0) is 6.42 Å². The fraction of sp³-hybridized carbons (Fsp3) is 1.00. The second kappa shape index (κ2) is 1.31. The van der Waals surface area contributed by atoms with E-state index in [1.807, 2.05) is 0 Å². The van der Waals surface area contributed by atoms with Crippen molar-refractivity contribution >= 4 is 0 Å². The van der Waals surface area contributed by atoms with Crippen molar-refractivity contribution in [3.63, 3.8) is 0 Å². The summed E-state index contributed by atoms with van der Waals surface area (Å²) in [6, 6.07) is 1.34. The number of nitrogens with one attached hydrogen (secondary N) is 2. The van der Waals surface area contributed by atoms with Gasteiger partial charge in [-0.2, -0.15) is 0 Å². The molecule has 3 heteroatoms. The smallest absolute Gasteiger partial charge is 0.0807 e. The highest BCUT2D eigenvalue weighted by atomic mass is 16.5. The Morgan fingerprint density at radius 2 is 2.11 bits per heavy atom. The maximum Gasteiger partial charge on any atom is 0.0807 e. The minimum atomic E-state index is 0.552. The first-order valence-corrected chi connectivity index (χ1v) is 3.58. The van der Waals surface area contributed by atoms with Gasteiger partial charge in [0.15, 0.2) is 0 Å². The molecular formula is C6H10N2O. The first-order chi connectivity index (χ1) is 4.45. The number of hydrogen-bond donors (Lipinski definition) is 2. The zero-order valence-corrected chi connectivity index (χ0v) is 5.13. The van der Waals surface area contributed by atoms with Crippen LogP contribution in [-0.4, -0.2) is 24.8 Å². The average Bonchev–Trinajstić information content (AvgIpc) is 2.18. The molecule has 3 rings (SSSR count). The van der Waals surface area contributed by atoms with E-state index in [9.17, 15) is 0 Å². The molecule has 0 radical (unpaired) electrons. The number of hydrogen-bond acceptors (Lipinski definition) is 3. The molecule has 2 saturated heterocycles. The lowest BCUT2D eigenvalue weighted by atomic mass is 9.97. The van der Waals surface area contributed by atoms with Crippen LogP contribution < -0.4 is 10.9 Å². The van der Waals surface area contributed by atoms with E-state index in [-0.39, 0.29) is 0 Å².